The lowest BCUT2D eigenvalue weighted by Crippen LogP contribution is -2.60. The summed E-state index contributed by atoms with van der Waals surface area (Å²) in [5, 5.41) is 54.4. The Morgan fingerprint density at radius 1 is 0.473 bits per heavy atom. The molecular formula is C65H115NO8. The van der Waals surface area contributed by atoms with Gasteiger partial charge in [0.2, 0.25) is 5.91 Å². The highest BCUT2D eigenvalue weighted by atomic mass is 16.7. The smallest absolute Gasteiger partial charge is 0.220 e. The summed E-state index contributed by atoms with van der Waals surface area (Å²) in [7, 11) is 0. The molecule has 0 saturated carbocycles. The summed E-state index contributed by atoms with van der Waals surface area (Å²) in [5.41, 5.74) is 0. The average Bonchev–Trinajstić information content (AvgIpc) is 3.40. The molecule has 6 N–H and O–H groups in total. The van der Waals surface area contributed by atoms with Gasteiger partial charge in [0.05, 0.1) is 25.4 Å². The Balaban J connectivity index is 2.05. The lowest BCUT2D eigenvalue weighted by Gasteiger charge is -2.40. The first-order valence-corrected chi connectivity index (χ1v) is 30.8. The number of aliphatic hydroxyl groups excluding tert-OH is 5. The summed E-state index contributed by atoms with van der Waals surface area (Å²) in [4.78, 5) is 13.0. The third-order valence-corrected chi connectivity index (χ3v) is 14.2. The molecule has 9 heteroatoms. The van der Waals surface area contributed by atoms with E-state index in [9.17, 15) is 30.3 Å². The van der Waals surface area contributed by atoms with Gasteiger partial charge >= 0.3 is 0 Å². The van der Waals surface area contributed by atoms with Crippen LogP contribution in [0.1, 0.15) is 264 Å². The van der Waals surface area contributed by atoms with Crippen molar-refractivity contribution in [2.45, 2.75) is 307 Å². The second-order valence-corrected chi connectivity index (χ2v) is 21.1. The molecule has 1 saturated heterocycles. The van der Waals surface area contributed by atoms with Crippen molar-refractivity contribution in [1.82, 2.24) is 5.32 Å². The van der Waals surface area contributed by atoms with E-state index in [1.165, 1.54) is 173 Å². The number of carbonyl (C=O) groups excluding carboxylic acids is 1. The minimum absolute atomic E-state index is 0.186. The Morgan fingerprint density at radius 3 is 1.30 bits per heavy atom. The van der Waals surface area contributed by atoms with Crippen LogP contribution in [0.5, 0.6) is 0 Å². The number of ether oxygens (including phenoxy) is 2. The Labute approximate surface area is 454 Å². The number of hydrogen-bond acceptors (Lipinski definition) is 8. The zero-order chi connectivity index (χ0) is 53.6. The second-order valence-electron chi connectivity index (χ2n) is 21.1. The maximum Gasteiger partial charge on any atom is 0.220 e. The van der Waals surface area contributed by atoms with Crippen LogP contribution >= 0.6 is 0 Å². The van der Waals surface area contributed by atoms with Gasteiger partial charge in [0.1, 0.15) is 24.4 Å². The van der Waals surface area contributed by atoms with Crippen molar-refractivity contribution in [2.75, 3.05) is 13.2 Å². The fourth-order valence-corrected chi connectivity index (χ4v) is 9.38. The number of rotatable bonds is 52. The lowest BCUT2D eigenvalue weighted by molar-refractivity contribution is -0.302. The topological polar surface area (TPSA) is 149 Å². The summed E-state index contributed by atoms with van der Waals surface area (Å²) in [6.07, 6.45) is 69.8. The van der Waals surface area contributed by atoms with Gasteiger partial charge in [-0.3, -0.25) is 4.79 Å². The fourth-order valence-electron chi connectivity index (χ4n) is 9.38. The van der Waals surface area contributed by atoms with E-state index in [1.807, 2.05) is 6.08 Å². The summed E-state index contributed by atoms with van der Waals surface area (Å²) in [6, 6.07) is -0.822. The van der Waals surface area contributed by atoms with E-state index < -0.39 is 49.5 Å². The molecule has 1 rings (SSSR count). The molecule has 7 atom stereocenters. The van der Waals surface area contributed by atoms with Crippen molar-refractivity contribution in [2.24, 2.45) is 0 Å². The van der Waals surface area contributed by atoms with Crippen molar-refractivity contribution >= 4 is 5.91 Å². The van der Waals surface area contributed by atoms with Crippen molar-refractivity contribution in [3.05, 3.63) is 85.1 Å². The summed E-state index contributed by atoms with van der Waals surface area (Å²) < 4.78 is 11.2. The van der Waals surface area contributed by atoms with Crippen LogP contribution < -0.4 is 5.32 Å². The molecule has 0 aromatic rings. The van der Waals surface area contributed by atoms with Crippen LogP contribution in [0.15, 0.2) is 85.1 Å². The van der Waals surface area contributed by atoms with Gasteiger partial charge in [0.25, 0.3) is 0 Å². The largest absolute Gasteiger partial charge is 0.394 e. The molecule has 9 nitrogen and oxygen atoms in total. The Hall–Kier alpha value is -2.63. The highest BCUT2D eigenvalue weighted by Gasteiger charge is 2.44. The summed E-state index contributed by atoms with van der Waals surface area (Å²) in [5.74, 6) is -0.186. The van der Waals surface area contributed by atoms with E-state index in [0.29, 0.717) is 6.42 Å². The molecule has 1 aliphatic heterocycles. The van der Waals surface area contributed by atoms with E-state index in [4.69, 9.17) is 9.47 Å². The van der Waals surface area contributed by atoms with Crippen molar-refractivity contribution in [3.8, 4) is 0 Å². The van der Waals surface area contributed by atoms with Gasteiger partial charge in [-0.05, 0) is 77.0 Å². The zero-order valence-electron chi connectivity index (χ0n) is 47.6. The number of aliphatic hydroxyl groups is 5. The molecule has 1 heterocycles. The van der Waals surface area contributed by atoms with E-state index in [1.54, 1.807) is 6.08 Å². The Kier molecular flexibility index (Phi) is 50.4. The fraction of sp³-hybridized carbons (Fsp3) is 0.769. The van der Waals surface area contributed by atoms with E-state index in [2.05, 4.69) is 92.1 Å². The van der Waals surface area contributed by atoms with Gasteiger partial charge in [-0.1, -0.05) is 266 Å². The predicted molar refractivity (Wildman–Crippen MR) is 313 cm³/mol. The molecule has 0 radical (unpaired) electrons. The predicted octanol–water partition coefficient (Wildman–Crippen LogP) is 15.8. The average molecular weight is 1040 g/mol. The standard InChI is InChI=1S/C65H115NO8/c1-3-5-7-9-11-13-15-17-18-19-20-21-22-23-24-25-26-27-28-29-30-31-32-33-34-35-36-37-38-39-40-41-42-43-45-47-49-51-53-55-61(69)66-58(57-73-65-64(72)63(71)62(70)60(56-67)74-65)59(68)54-52-50-48-46-44-16-14-12-10-8-6-4-2/h5,7,11,13,17-18,20-21,23-24,44,46,52,54,58-60,62-65,67-68,70-72H,3-4,6,8-10,12,14-16,19,22,25-43,45,47-51,53,55-57H2,1-2H3,(H,66,69)/b7-5-,13-11-,18-17-,21-20-,24-23-,46-44+,54-52+. The molecule has 0 aromatic heterocycles. The Bertz CT molecular complexity index is 1440. The van der Waals surface area contributed by atoms with Gasteiger partial charge in [-0.25, -0.2) is 0 Å². The third-order valence-electron chi connectivity index (χ3n) is 14.2. The lowest BCUT2D eigenvalue weighted by atomic mass is 9.99. The molecule has 0 aliphatic carbocycles. The number of carbonyl (C=O) groups is 1. The van der Waals surface area contributed by atoms with Gasteiger partial charge in [-0.15, -0.1) is 0 Å². The van der Waals surface area contributed by atoms with Crippen LogP contribution in [-0.2, 0) is 14.3 Å². The van der Waals surface area contributed by atoms with Crippen LogP contribution in [-0.4, -0.2) is 87.5 Å². The van der Waals surface area contributed by atoms with Crippen molar-refractivity contribution in [3.63, 3.8) is 0 Å². The molecule has 0 aromatic carbocycles. The highest BCUT2D eigenvalue weighted by molar-refractivity contribution is 5.76. The molecule has 428 valence electrons. The van der Waals surface area contributed by atoms with Crippen molar-refractivity contribution in [1.29, 1.82) is 0 Å². The van der Waals surface area contributed by atoms with Gasteiger partial charge in [0.15, 0.2) is 6.29 Å². The highest BCUT2D eigenvalue weighted by Crippen LogP contribution is 2.23. The molecule has 0 spiro atoms. The summed E-state index contributed by atoms with van der Waals surface area (Å²) in [6.45, 7) is 3.63. The summed E-state index contributed by atoms with van der Waals surface area (Å²) >= 11 is 0. The molecule has 1 aliphatic rings. The van der Waals surface area contributed by atoms with Gasteiger partial charge < -0.3 is 40.3 Å². The van der Waals surface area contributed by atoms with Gasteiger partial charge in [0, 0.05) is 6.42 Å². The van der Waals surface area contributed by atoms with Crippen LogP contribution in [0.4, 0.5) is 0 Å². The number of allylic oxidation sites excluding steroid dienone is 13. The molecule has 1 fully saturated rings. The number of unbranched alkanes of at least 4 members (excludes halogenated alkanes) is 30. The molecule has 0 bridgehead atoms. The molecular weight excluding hydrogens is 923 g/mol. The number of nitrogens with one attached hydrogen (secondary N) is 1. The first-order chi connectivity index (χ1) is 36.3. The van der Waals surface area contributed by atoms with Crippen LogP contribution in [0.25, 0.3) is 0 Å². The Morgan fingerprint density at radius 2 is 0.851 bits per heavy atom. The van der Waals surface area contributed by atoms with E-state index in [-0.39, 0.29) is 12.5 Å². The third kappa shape index (κ3) is 42.5. The maximum absolute atomic E-state index is 13.0. The van der Waals surface area contributed by atoms with Crippen molar-refractivity contribution < 1.29 is 39.8 Å². The second kappa shape index (κ2) is 53.8. The zero-order valence-corrected chi connectivity index (χ0v) is 47.6. The molecule has 1 amide bonds. The monoisotopic (exact) mass is 1040 g/mol. The maximum atomic E-state index is 13.0. The molecule has 7 unspecified atom stereocenters. The van der Waals surface area contributed by atoms with E-state index >= 15 is 0 Å². The number of hydrogen-bond donors (Lipinski definition) is 6. The first-order valence-electron chi connectivity index (χ1n) is 30.8. The minimum Gasteiger partial charge on any atom is -0.394 e. The minimum atomic E-state index is -1.57. The number of amides is 1. The van der Waals surface area contributed by atoms with Crippen LogP contribution in [0.2, 0.25) is 0 Å². The quantitative estimate of drug-likeness (QED) is 0.0261. The van der Waals surface area contributed by atoms with Gasteiger partial charge in [-0.2, -0.15) is 0 Å². The normalized spacial score (nSPS) is 19.6. The van der Waals surface area contributed by atoms with Crippen LogP contribution in [0.3, 0.4) is 0 Å². The van der Waals surface area contributed by atoms with E-state index in [0.717, 1.165) is 70.6 Å². The van der Waals surface area contributed by atoms with Crippen LogP contribution in [0, 0.1) is 0 Å². The first kappa shape index (κ1) is 69.4. The molecule has 74 heavy (non-hydrogen) atoms. The SMILES string of the molecule is CC/C=C\C/C=C\C/C=C\C/C=C\C/C=C\CCCCCCCCCCCCCCCCCCCCCCCCCC(=O)NC(COC1OC(CO)C(O)C(O)C1O)C(O)/C=C/CC/C=C/CCCCCCCC.